The molecule has 0 bridgehead atoms. The molecule has 1 amide bonds. The van der Waals surface area contributed by atoms with Crippen molar-refractivity contribution >= 4 is 17.7 Å². The largest absolute Gasteiger partial charge is 0.347 e. The van der Waals surface area contributed by atoms with Gasteiger partial charge in [-0.3, -0.25) is 14.3 Å². The highest BCUT2D eigenvalue weighted by atomic mass is 32.2. The van der Waals surface area contributed by atoms with E-state index in [-0.39, 0.29) is 11.9 Å². The number of benzene rings is 1. The summed E-state index contributed by atoms with van der Waals surface area (Å²) in [5.74, 6) is 0.266. The van der Waals surface area contributed by atoms with Gasteiger partial charge in [0, 0.05) is 18.6 Å². The minimum atomic E-state index is -0.120. The van der Waals surface area contributed by atoms with Gasteiger partial charge in [-0.05, 0) is 37.6 Å². The topological polar surface area (TPSA) is 59.8 Å². The summed E-state index contributed by atoms with van der Waals surface area (Å²) in [6.07, 6.45) is 5.40. The van der Waals surface area contributed by atoms with Crippen LogP contribution >= 0.6 is 11.8 Å². The van der Waals surface area contributed by atoms with Gasteiger partial charge in [0.05, 0.1) is 23.2 Å². The van der Waals surface area contributed by atoms with Crippen molar-refractivity contribution in [2.75, 3.05) is 5.75 Å². The third-order valence-electron chi connectivity index (χ3n) is 3.82. The number of para-hydroxylation sites is 1. The van der Waals surface area contributed by atoms with E-state index < -0.39 is 0 Å². The molecule has 1 atom stereocenters. The van der Waals surface area contributed by atoms with E-state index in [4.69, 9.17) is 0 Å². The van der Waals surface area contributed by atoms with Crippen molar-refractivity contribution in [3.63, 3.8) is 0 Å². The maximum absolute atomic E-state index is 12.2. The summed E-state index contributed by atoms with van der Waals surface area (Å²) in [5.41, 5.74) is 3.09. The predicted molar refractivity (Wildman–Crippen MR) is 99.8 cm³/mol. The number of amides is 1. The molecular formula is C19H20N4OS. The second-order valence-electron chi connectivity index (χ2n) is 5.70. The minimum Gasteiger partial charge on any atom is -0.347 e. The van der Waals surface area contributed by atoms with Crippen LogP contribution in [-0.4, -0.2) is 26.2 Å². The van der Waals surface area contributed by atoms with Crippen molar-refractivity contribution < 1.29 is 4.79 Å². The van der Waals surface area contributed by atoms with Crippen LogP contribution < -0.4 is 5.32 Å². The van der Waals surface area contributed by atoms with Crippen LogP contribution in [0.2, 0.25) is 0 Å². The molecule has 25 heavy (non-hydrogen) atoms. The normalized spacial score (nSPS) is 11.9. The minimum absolute atomic E-state index is 0.0394. The summed E-state index contributed by atoms with van der Waals surface area (Å²) in [5, 5.41) is 3.77. The zero-order valence-electron chi connectivity index (χ0n) is 14.2. The van der Waals surface area contributed by atoms with Crippen molar-refractivity contribution in [3.05, 3.63) is 72.3 Å². The lowest BCUT2D eigenvalue weighted by molar-refractivity contribution is -0.119. The number of hydrogen-bond donors (Lipinski definition) is 1. The molecule has 6 heteroatoms. The number of thioether (sulfide) groups is 1. The first-order valence-corrected chi connectivity index (χ1v) is 9.06. The van der Waals surface area contributed by atoms with Gasteiger partial charge >= 0.3 is 0 Å². The second kappa shape index (κ2) is 7.98. The second-order valence-corrected chi connectivity index (χ2v) is 6.64. The van der Waals surface area contributed by atoms with Crippen LogP contribution in [0.25, 0.3) is 5.69 Å². The van der Waals surface area contributed by atoms with Gasteiger partial charge in [0.1, 0.15) is 0 Å². The Morgan fingerprint density at radius 2 is 1.96 bits per heavy atom. The number of aromatic nitrogens is 3. The quantitative estimate of drug-likeness (QED) is 0.689. The molecule has 1 aromatic carbocycles. The molecule has 3 aromatic rings. The smallest absolute Gasteiger partial charge is 0.231 e. The van der Waals surface area contributed by atoms with Gasteiger partial charge in [0.15, 0.2) is 5.16 Å². The van der Waals surface area contributed by atoms with Gasteiger partial charge in [-0.2, -0.15) is 0 Å². The first-order chi connectivity index (χ1) is 12.1. The molecule has 0 fully saturated rings. The van der Waals surface area contributed by atoms with E-state index in [0.717, 1.165) is 22.1 Å². The summed E-state index contributed by atoms with van der Waals surface area (Å²) < 4.78 is 2.01. The molecule has 3 rings (SSSR count). The summed E-state index contributed by atoms with van der Waals surface area (Å²) in [6, 6.07) is 13.7. The number of nitrogens with zero attached hydrogens (tertiary/aromatic N) is 3. The van der Waals surface area contributed by atoms with E-state index in [1.54, 1.807) is 12.4 Å². The molecule has 128 valence electrons. The van der Waals surface area contributed by atoms with Crippen molar-refractivity contribution in [2.45, 2.75) is 25.0 Å². The summed E-state index contributed by atoms with van der Waals surface area (Å²) >= 11 is 1.42. The molecule has 0 saturated heterocycles. The highest BCUT2D eigenvalue weighted by Crippen LogP contribution is 2.22. The van der Waals surface area contributed by atoms with E-state index in [1.165, 1.54) is 11.8 Å². The lowest BCUT2D eigenvalue weighted by Crippen LogP contribution is -2.28. The van der Waals surface area contributed by atoms with Gasteiger partial charge in [-0.25, -0.2) is 4.98 Å². The zero-order valence-corrected chi connectivity index (χ0v) is 15.0. The molecule has 0 radical (unpaired) electrons. The first-order valence-electron chi connectivity index (χ1n) is 8.07. The Kier molecular flexibility index (Phi) is 5.50. The molecule has 0 unspecified atom stereocenters. The number of carbonyl (C=O) groups is 1. The summed E-state index contributed by atoms with van der Waals surface area (Å²) in [7, 11) is 0. The van der Waals surface area contributed by atoms with E-state index in [1.807, 2.05) is 54.1 Å². The van der Waals surface area contributed by atoms with E-state index in [0.29, 0.717) is 5.75 Å². The van der Waals surface area contributed by atoms with Crippen molar-refractivity contribution in [3.8, 4) is 5.69 Å². The van der Waals surface area contributed by atoms with Gasteiger partial charge in [0.25, 0.3) is 0 Å². The van der Waals surface area contributed by atoms with Crippen LogP contribution in [0.1, 0.15) is 24.2 Å². The van der Waals surface area contributed by atoms with Crippen LogP contribution in [-0.2, 0) is 4.79 Å². The molecule has 0 aliphatic carbocycles. The number of aryl methyl sites for hydroxylation is 1. The van der Waals surface area contributed by atoms with Crippen LogP contribution in [0, 0.1) is 6.92 Å². The summed E-state index contributed by atoms with van der Waals surface area (Å²) in [6.45, 7) is 3.99. The molecule has 0 aliphatic heterocycles. The lowest BCUT2D eigenvalue weighted by atomic mass is 10.2. The molecule has 0 saturated carbocycles. The van der Waals surface area contributed by atoms with E-state index in [9.17, 15) is 4.79 Å². The number of rotatable bonds is 6. The molecule has 2 heterocycles. The number of hydrogen-bond acceptors (Lipinski definition) is 4. The fraction of sp³-hybridized carbons (Fsp3) is 0.211. The Bertz CT molecular complexity index is 847. The van der Waals surface area contributed by atoms with E-state index >= 15 is 0 Å². The van der Waals surface area contributed by atoms with Gasteiger partial charge in [0.2, 0.25) is 5.91 Å². The Morgan fingerprint density at radius 1 is 1.16 bits per heavy atom. The summed E-state index contributed by atoms with van der Waals surface area (Å²) in [4.78, 5) is 20.9. The number of pyridine rings is 1. The van der Waals surface area contributed by atoms with Gasteiger partial charge < -0.3 is 5.32 Å². The molecular weight excluding hydrogens is 332 g/mol. The molecule has 0 spiro atoms. The van der Waals surface area contributed by atoms with E-state index in [2.05, 4.69) is 28.3 Å². The molecule has 1 N–H and O–H groups in total. The zero-order chi connectivity index (χ0) is 17.6. The number of imidazole rings is 1. The maximum Gasteiger partial charge on any atom is 0.231 e. The third kappa shape index (κ3) is 4.28. The monoisotopic (exact) mass is 352 g/mol. The number of carbonyl (C=O) groups excluding carboxylic acids is 1. The highest BCUT2D eigenvalue weighted by molar-refractivity contribution is 7.99. The van der Waals surface area contributed by atoms with Crippen LogP contribution in [0.15, 0.2) is 66.2 Å². The van der Waals surface area contributed by atoms with Crippen LogP contribution in [0.4, 0.5) is 0 Å². The predicted octanol–water partition coefficient (Wildman–Crippen LogP) is 3.55. The average molecular weight is 352 g/mol. The van der Waals surface area contributed by atoms with Crippen LogP contribution in [0.5, 0.6) is 0 Å². The number of nitrogens with one attached hydrogen (secondary N) is 1. The SMILES string of the molecule is Cc1ccccc1-n1ccnc1SCC(=O)N[C@@H](C)c1ccccn1. The van der Waals surface area contributed by atoms with Crippen molar-refractivity contribution in [1.82, 2.24) is 19.9 Å². The lowest BCUT2D eigenvalue weighted by Gasteiger charge is -2.13. The maximum atomic E-state index is 12.2. The highest BCUT2D eigenvalue weighted by Gasteiger charge is 2.13. The standard InChI is InChI=1S/C19H20N4OS/c1-14-7-3-4-9-17(14)23-12-11-21-19(23)25-13-18(24)22-15(2)16-8-5-6-10-20-16/h3-12,15H,13H2,1-2H3,(H,22,24)/t15-/m0/s1. The first kappa shape index (κ1) is 17.2. The van der Waals surface area contributed by atoms with Crippen molar-refractivity contribution in [1.29, 1.82) is 0 Å². The third-order valence-corrected chi connectivity index (χ3v) is 4.79. The average Bonchev–Trinajstić information content (AvgIpc) is 3.09. The fourth-order valence-corrected chi connectivity index (χ4v) is 3.31. The fourth-order valence-electron chi connectivity index (χ4n) is 2.53. The Morgan fingerprint density at radius 3 is 2.72 bits per heavy atom. The molecule has 5 nitrogen and oxygen atoms in total. The van der Waals surface area contributed by atoms with Gasteiger partial charge in [-0.1, -0.05) is 36.0 Å². The Labute approximate surface area is 151 Å². The Balaban J connectivity index is 1.62. The molecule has 0 aliphatic rings. The van der Waals surface area contributed by atoms with Gasteiger partial charge in [-0.15, -0.1) is 0 Å². The van der Waals surface area contributed by atoms with Crippen molar-refractivity contribution in [2.24, 2.45) is 0 Å². The Hall–Kier alpha value is -2.60. The molecule has 2 aromatic heterocycles. The van der Waals surface area contributed by atoms with Crippen LogP contribution in [0.3, 0.4) is 0 Å².